The van der Waals surface area contributed by atoms with Crippen LogP contribution in [0.4, 0.5) is 0 Å². The molecule has 0 nitrogen and oxygen atoms in total. The van der Waals surface area contributed by atoms with E-state index in [-0.39, 0.29) is 0 Å². The fourth-order valence-electron chi connectivity index (χ4n) is 0.838. The third-order valence-electron chi connectivity index (χ3n) is 1.54. The molecule has 0 aromatic heterocycles. The maximum atomic E-state index is 3.87. The normalized spacial score (nSPS) is 9.50. The predicted octanol–water partition coefficient (Wildman–Crippen LogP) is 1.51. The van der Waals surface area contributed by atoms with Crippen molar-refractivity contribution in [3.8, 4) is 0 Å². The van der Waals surface area contributed by atoms with Crippen molar-refractivity contribution >= 4 is 54.2 Å². The van der Waals surface area contributed by atoms with Crippen LogP contribution >= 0.6 is 0 Å². The van der Waals surface area contributed by atoms with Crippen LogP contribution in [0.3, 0.4) is 0 Å². The van der Waals surface area contributed by atoms with Gasteiger partial charge in [0.1, 0.15) is 0 Å². The summed E-state index contributed by atoms with van der Waals surface area (Å²) in [7, 11) is 0. The summed E-state index contributed by atoms with van der Waals surface area (Å²) in [5, 5.41) is 0. The number of allylic oxidation sites excluding steroid dienone is 1. The molecule has 0 aliphatic carbocycles. The van der Waals surface area contributed by atoms with E-state index in [4.69, 9.17) is 0 Å². The fourth-order valence-corrected chi connectivity index (χ4v) is 1.36. The predicted molar refractivity (Wildman–Crippen MR) is 46.5 cm³/mol. The van der Waals surface area contributed by atoms with Gasteiger partial charge >= 0.3 is 97.5 Å². The van der Waals surface area contributed by atoms with Gasteiger partial charge in [-0.3, -0.25) is 0 Å². The number of hydrogen-bond donors (Lipinski definition) is 0. The Morgan fingerprint density at radius 1 is 1.30 bits per heavy atom. The van der Waals surface area contributed by atoms with Gasteiger partial charge in [0.15, 0.2) is 0 Å². The van der Waals surface area contributed by atoms with E-state index in [2.05, 4.69) is 30.8 Å². The quantitative estimate of drug-likeness (QED) is 0.541. The molecule has 0 heterocycles. The first-order chi connectivity index (χ1) is 4.70. The Kier molecular flexibility index (Phi) is 3.33. The third-order valence-corrected chi connectivity index (χ3v) is 2.59. The molecule has 0 N–H and O–H groups in total. The molecule has 0 unspecified atom stereocenters. The van der Waals surface area contributed by atoms with Crippen molar-refractivity contribution in [1.82, 2.24) is 0 Å². The molecule has 0 spiro atoms. The Morgan fingerprint density at radius 2 is 1.80 bits per heavy atom. The van der Waals surface area contributed by atoms with E-state index in [0.29, 0.717) is 0 Å². The minimum absolute atomic E-state index is 0.806. The van der Waals surface area contributed by atoms with Crippen LogP contribution in [0.1, 0.15) is 12.5 Å². The molecule has 0 bridgehead atoms. The molecule has 1 rings (SSSR count). The van der Waals surface area contributed by atoms with Gasteiger partial charge in [-0.2, -0.15) is 0 Å². The van der Waals surface area contributed by atoms with Crippen LogP contribution in [0.15, 0.2) is 30.8 Å². The molecule has 0 aliphatic rings. The van der Waals surface area contributed by atoms with E-state index in [1.54, 1.807) is 0 Å². The van der Waals surface area contributed by atoms with Crippen LogP contribution in [-0.4, -0.2) is 49.0 Å². The molecule has 46 valence electrons. The first-order valence-corrected chi connectivity index (χ1v) is 4.99. The van der Waals surface area contributed by atoms with Crippen LogP contribution in [-0.2, 0) is 0 Å². The topological polar surface area (TPSA) is 0 Å². The Labute approximate surface area is 95.9 Å². The standard InChI is InChI=1S/C9H9.K/c1-8(2)9-6-4-3-5-7-9;/h4-7H,1H2,2H3;. The van der Waals surface area contributed by atoms with E-state index < -0.39 is 0 Å². The minimum atomic E-state index is 0.806. The van der Waals surface area contributed by atoms with Crippen molar-refractivity contribution < 1.29 is 0 Å². The molecule has 1 heteroatoms. The summed E-state index contributed by atoms with van der Waals surface area (Å²) < 4.78 is 1.48. The summed E-state index contributed by atoms with van der Waals surface area (Å²) in [4.78, 5) is 0. The van der Waals surface area contributed by atoms with Gasteiger partial charge in [0.25, 0.3) is 0 Å². The van der Waals surface area contributed by atoms with Crippen molar-refractivity contribution in [2.24, 2.45) is 0 Å². The molecule has 0 atom stereocenters. The molecule has 1 aromatic carbocycles. The summed E-state index contributed by atoms with van der Waals surface area (Å²) in [5.74, 6) is 0. The molecule has 0 saturated heterocycles. The monoisotopic (exact) mass is 156 g/mol. The van der Waals surface area contributed by atoms with Crippen molar-refractivity contribution in [2.75, 3.05) is 0 Å². The molecule has 0 radical (unpaired) electrons. The molecule has 10 heavy (non-hydrogen) atoms. The first-order valence-electron chi connectivity index (χ1n) is 3.42. The van der Waals surface area contributed by atoms with E-state index in [1.807, 2.05) is 6.92 Å². The van der Waals surface area contributed by atoms with Crippen LogP contribution in [0, 0.1) is 0 Å². The van der Waals surface area contributed by atoms with Gasteiger partial charge in [-0.25, -0.2) is 0 Å². The zero-order valence-electron chi connectivity index (χ0n) is 6.52. The third kappa shape index (κ3) is 2.33. The number of benzene rings is 1. The zero-order valence-corrected chi connectivity index (χ0v) is 9.64. The number of hydrogen-bond acceptors (Lipinski definition) is 0. The summed E-state index contributed by atoms with van der Waals surface area (Å²) in [6, 6.07) is 8.65. The van der Waals surface area contributed by atoms with E-state index in [1.165, 1.54) is 5.22 Å². The molecule has 0 aliphatic heterocycles. The number of rotatable bonds is 1. The summed E-state index contributed by atoms with van der Waals surface area (Å²) in [6.07, 6.45) is 0. The zero-order chi connectivity index (χ0) is 7.56. The van der Waals surface area contributed by atoms with Crippen molar-refractivity contribution in [3.63, 3.8) is 0 Å². The summed E-state index contributed by atoms with van der Waals surface area (Å²) >= 11 is 0.806. The molecular weight excluding hydrogens is 147 g/mol. The van der Waals surface area contributed by atoms with Crippen LogP contribution in [0.2, 0.25) is 0 Å². The Bertz CT molecular complexity index is 233. The first kappa shape index (κ1) is 8.69. The van der Waals surface area contributed by atoms with Gasteiger partial charge in [-0.15, -0.1) is 0 Å². The van der Waals surface area contributed by atoms with Crippen molar-refractivity contribution in [3.05, 3.63) is 36.4 Å². The van der Waals surface area contributed by atoms with Gasteiger partial charge in [-0.1, -0.05) is 0 Å². The van der Waals surface area contributed by atoms with Gasteiger partial charge in [0.05, 0.1) is 0 Å². The molecule has 0 saturated carbocycles. The van der Waals surface area contributed by atoms with Gasteiger partial charge < -0.3 is 0 Å². The Balaban J connectivity index is 3.00. The van der Waals surface area contributed by atoms with Gasteiger partial charge in [-0.05, 0) is 0 Å². The summed E-state index contributed by atoms with van der Waals surface area (Å²) in [6.45, 7) is 5.90. The van der Waals surface area contributed by atoms with Crippen molar-refractivity contribution in [2.45, 2.75) is 6.92 Å². The second kappa shape index (κ2) is 3.84. The Morgan fingerprint density at radius 3 is 2.20 bits per heavy atom. The van der Waals surface area contributed by atoms with E-state index >= 15 is 0 Å². The van der Waals surface area contributed by atoms with E-state index in [0.717, 1.165) is 54.5 Å². The molecule has 0 amide bonds. The average Bonchev–Trinajstić information content (AvgIpc) is 1.88. The molecule has 0 fully saturated rings. The second-order valence-electron chi connectivity index (χ2n) is 2.65. The van der Waals surface area contributed by atoms with Crippen LogP contribution in [0.25, 0.3) is 5.57 Å². The van der Waals surface area contributed by atoms with Crippen LogP contribution in [0.5, 0.6) is 0 Å². The van der Waals surface area contributed by atoms with Gasteiger partial charge in [0.2, 0.25) is 0 Å². The average molecular weight is 156 g/mol. The van der Waals surface area contributed by atoms with Crippen molar-refractivity contribution in [1.29, 1.82) is 0 Å². The van der Waals surface area contributed by atoms with E-state index in [9.17, 15) is 0 Å². The van der Waals surface area contributed by atoms with Crippen LogP contribution < -0.4 is -0.342 Å². The van der Waals surface area contributed by atoms with Gasteiger partial charge in [0, 0.05) is 0 Å². The SMILES string of the molecule is C=C(C)c1cc[c]([K])cc1. The molecule has 1 aromatic rings. The summed E-state index contributed by atoms with van der Waals surface area (Å²) in [5.41, 5.74) is 2.40. The molecular formula is C9H9K. The second-order valence-corrected chi connectivity index (χ2v) is 4.45. The fraction of sp³-hybridized carbons (Fsp3) is 0.111. The maximum absolute atomic E-state index is 3.87. The Hall–Kier alpha value is 0.596.